The molecule has 118 valence electrons. The van der Waals surface area contributed by atoms with Gasteiger partial charge in [-0.05, 0) is 38.5 Å². The van der Waals surface area contributed by atoms with Gasteiger partial charge in [0.2, 0.25) is 0 Å². The number of aromatic nitrogens is 1. The van der Waals surface area contributed by atoms with Gasteiger partial charge in [0.1, 0.15) is 0 Å². The topological polar surface area (TPSA) is 24.9 Å². The molecular formula is C18H16Cl2N2S. The van der Waals surface area contributed by atoms with Crippen LogP contribution in [0.15, 0.2) is 36.4 Å². The highest BCUT2D eigenvalue weighted by atomic mass is 35.5. The van der Waals surface area contributed by atoms with Gasteiger partial charge >= 0.3 is 0 Å². The molecule has 3 aromatic rings. The molecular weight excluding hydrogens is 347 g/mol. The summed E-state index contributed by atoms with van der Waals surface area (Å²) in [4.78, 5) is 5.91. The Morgan fingerprint density at radius 2 is 1.83 bits per heavy atom. The van der Waals surface area contributed by atoms with E-state index in [0.29, 0.717) is 10.0 Å². The predicted molar refractivity (Wildman–Crippen MR) is 102 cm³/mol. The second kappa shape index (κ2) is 6.52. The lowest BCUT2D eigenvalue weighted by molar-refractivity contribution is 1.31. The molecule has 0 amide bonds. The Hall–Kier alpha value is -1.55. The number of halogens is 2. The van der Waals surface area contributed by atoms with E-state index >= 15 is 0 Å². The number of rotatable bonds is 3. The molecule has 1 aromatic heterocycles. The van der Waals surface area contributed by atoms with E-state index in [1.807, 2.05) is 12.1 Å². The second-order valence-corrected chi connectivity index (χ2v) is 7.46. The lowest BCUT2D eigenvalue weighted by Crippen LogP contribution is -1.91. The Bertz CT molecular complexity index is 871. The average Bonchev–Trinajstić information content (AvgIpc) is 2.84. The average molecular weight is 363 g/mol. The smallest absolute Gasteiger partial charge is 0.188 e. The Balaban J connectivity index is 1.96. The molecule has 0 bridgehead atoms. The Labute approximate surface area is 150 Å². The number of nitrogens with one attached hydrogen (secondary N) is 1. The molecule has 0 fully saturated rings. The van der Waals surface area contributed by atoms with Gasteiger partial charge in [0.15, 0.2) is 5.13 Å². The fraction of sp³-hybridized carbons (Fsp3) is 0.167. The Morgan fingerprint density at radius 3 is 2.57 bits per heavy atom. The number of aryl methyl sites for hydroxylation is 3. The van der Waals surface area contributed by atoms with Crippen molar-refractivity contribution >= 4 is 45.4 Å². The summed E-state index contributed by atoms with van der Waals surface area (Å²) in [7, 11) is 0. The molecule has 1 heterocycles. The number of thiazole rings is 1. The maximum Gasteiger partial charge on any atom is 0.188 e. The number of hydrogen-bond acceptors (Lipinski definition) is 3. The van der Waals surface area contributed by atoms with Crippen molar-refractivity contribution in [3.8, 4) is 11.3 Å². The summed E-state index contributed by atoms with van der Waals surface area (Å²) in [5, 5.41) is 5.11. The van der Waals surface area contributed by atoms with Gasteiger partial charge in [-0.3, -0.25) is 0 Å². The molecule has 2 nitrogen and oxygen atoms in total. The quantitative estimate of drug-likeness (QED) is 0.554. The fourth-order valence-corrected chi connectivity index (χ4v) is 3.68. The second-order valence-electron chi connectivity index (χ2n) is 5.47. The van der Waals surface area contributed by atoms with Gasteiger partial charge in [-0.1, -0.05) is 53.0 Å². The van der Waals surface area contributed by atoms with E-state index in [0.717, 1.165) is 27.0 Å². The first-order valence-electron chi connectivity index (χ1n) is 7.22. The molecule has 3 rings (SSSR count). The van der Waals surface area contributed by atoms with Crippen LogP contribution in [-0.4, -0.2) is 4.98 Å². The van der Waals surface area contributed by atoms with Crippen LogP contribution in [-0.2, 0) is 0 Å². The molecule has 1 N–H and O–H groups in total. The van der Waals surface area contributed by atoms with Crippen molar-refractivity contribution < 1.29 is 0 Å². The first-order chi connectivity index (χ1) is 11.0. The van der Waals surface area contributed by atoms with Crippen molar-refractivity contribution in [2.24, 2.45) is 0 Å². The van der Waals surface area contributed by atoms with Crippen LogP contribution < -0.4 is 5.32 Å². The third kappa shape index (κ3) is 3.37. The van der Waals surface area contributed by atoms with Crippen LogP contribution in [0.4, 0.5) is 10.8 Å². The number of hydrogen-bond donors (Lipinski definition) is 1. The molecule has 23 heavy (non-hydrogen) atoms. The van der Waals surface area contributed by atoms with E-state index in [9.17, 15) is 0 Å². The zero-order chi connectivity index (χ0) is 16.6. The van der Waals surface area contributed by atoms with E-state index < -0.39 is 0 Å². The Kier molecular flexibility index (Phi) is 4.62. The minimum absolute atomic E-state index is 0.509. The van der Waals surface area contributed by atoms with Crippen LogP contribution in [0.2, 0.25) is 10.0 Å². The molecule has 0 saturated carbocycles. The van der Waals surface area contributed by atoms with Gasteiger partial charge in [-0.15, -0.1) is 11.3 Å². The SMILES string of the molecule is Cc1ccc(-c2nc(Nc3cccc(Cl)c3Cl)sc2C)c(C)c1. The van der Waals surface area contributed by atoms with Gasteiger partial charge in [-0.25, -0.2) is 4.98 Å². The van der Waals surface area contributed by atoms with Crippen molar-refractivity contribution in [3.63, 3.8) is 0 Å². The van der Waals surface area contributed by atoms with Crippen LogP contribution >= 0.6 is 34.5 Å². The Morgan fingerprint density at radius 1 is 1.04 bits per heavy atom. The number of anilines is 2. The first kappa shape index (κ1) is 16.3. The van der Waals surface area contributed by atoms with Crippen LogP contribution in [0, 0.1) is 20.8 Å². The third-order valence-corrected chi connectivity index (χ3v) is 5.33. The lowest BCUT2D eigenvalue weighted by Gasteiger charge is -2.06. The maximum absolute atomic E-state index is 6.23. The van der Waals surface area contributed by atoms with Gasteiger partial charge in [-0.2, -0.15) is 0 Å². The summed E-state index contributed by atoms with van der Waals surface area (Å²) >= 11 is 13.9. The summed E-state index contributed by atoms with van der Waals surface area (Å²) in [6.45, 7) is 6.29. The van der Waals surface area contributed by atoms with Gasteiger partial charge < -0.3 is 5.32 Å². The zero-order valence-corrected chi connectivity index (χ0v) is 15.4. The predicted octanol–water partition coefficient (Wildman–Crippen LogP) is 6.79. The van der Waals surface area contributed by atoms with Crippen molar-refractivity contribution in [2.75, 3.05) is 5.32 Å². The molecule has 0 aliphatic rings. The van der Waals surface area contributed by atoms with Gasteiger partial charge in [0.25, 0.3) is 0 Å². The van der Waals surface area contributed by atoms with E-state index in [-0.39, 0.29) is 0 Å². The van der Waals surface area contributed by atoms with Crippen LogP contribution in [0.3, 0.4) is 0 Å². The van der Waals surface area contributed by atoms with Gasteiger partial charge in [0, 0.05) is 10.4 Å². The fourth-order valence-electron chi connectivity index (χ4n) is 2.49. The number of nitrogens with zero attached hydrogens (tertiary/aromatic N) is 1. The highest BCUT2D eigenvalue weighted by Gasteiger charge is 2.13. The van der Waals surface area contributed by atoms with Crippen molar-refractivity contribution in [2.45, 2.75) is 20.8 Å². The molecule has 2 aromatic carbocycles. The van der Waals surface area contributed by atoms with Crippen LogP contribution in [0.5, 0.6) is 0 Å². The highest BCUT2D eigenvalue weighted by molar-refractivity contribution is 7.16. The zero-order valence-electron chi connectivity index (χ0n) is 13.1. The van der Waals surface area contributed by atoms with Crippen molar-refractivity contribution in [1.82, 2.24) is 4.98 Å². The summed E-state index contributed by atoms with van der Waals surface area (Å²) in [6.07, 6.45) is 0. The van der Waals surface area contributed by atoms with E-state index in [1.54, 1.807) is 17.4 Å². The molecule has 0 atom stereocenters. The summed E-state index contributed by atoms with van der Waals surface area (Å²) in [5.41, 5.74) is 5.41. The standard InChI is InChI=1S/C18H16Cl2N2S/c1-10-7-8-13(11(2)9-10)17-12(3)23-18(22-17)21-15-6-4-5-14(19)16(15)20/h4-9H,1-3H3,(H,21,22). The molecule has 0 spiro atoms. The molecule has 5 heteroatoms. The summed E-state index contributed by atoms with van der Waals surface area (Å²) in [5.74, 6) is 0. The molecule has 0 unspecified atom stereocenters. The van der Waals surface area contributed by atoms with Crippen molar-refractivity contribution in [3.05, 3.63) is 62.4 Å². The van der Waals surface area contributed by atoms with Gasteiger partial charge in [0.05, 0.1) is 21.4 Å². The third-order valence-electron chi connectivity index (χ3n) is 3.63. The van der Waals surface area contributed by atoms with Crippen molar-refractivity contribution in [1.29, 1.82) is 0 Å². The van der Waals surface area contributed by atoms with Crippen LogP contribution in [0.1, 0.15) is 16.0 Å². The monoisotopic (exact) mass is 362 g/mol. The molecule has 0 saturated heterocycles. The largest absolute Gasteiger partial charge is 0.330 e. The molecule has 0 aliphatic carbocycles. The normalized spacial score (nSPS) is 10.8. The molecule has 0 radical (unpaired) electrons. The summed E-state index contributed by atoms with van der Waals surface area (Å²) < 4.78 is 0. The van der Waals surface area contributed by atoms with E-state index in [2.05, 4.69) is 44.3 Å². The lowest BCUT2D eigenvalue weighted by atomic mass is 10.0. The minimum Gasteiger partial charge on any atom is -0.330 e. The molecule has 0 aliphatic heterocycles. The maximum atomic E-state index is 6.23. The van der Waals surface area contributed by atoms with E-state index in [4.69, 9.17) is 28.2 Å². The number of benzene rings is 2. The van der Waals surface area contributed by atoms with E-state index in [1.165, 1.54) is 11.1 Å². The highest BCUT2D eigenvalue weighted by Crippen LogP contribution is 2.36. The first-order valence-corrected chi connectivity index (χ1v) is 8.79. The minimum atomic E-state index is 0.509. The summed E-state index contributed by atoms with van der Waals surface area (Å²) in [6, 6.07) is 11.9. The van der Waals surface area contributed by atoms with Crippen LogP contribution in [0.25, 0.3) is 11.3 Å².